The monoisotopic (exact) mass is 257 g/mol. The molecule has 0 aliphatic rings. The number of nitrogens with two attached hydrogens (primary N) is 2. The lowest BCUT2D eigenvalue weighted by Crippen LogP contribution is -2.03. The van der Waals surface area contributed by atoms with Crippen LogP contribution in [0.5, 0.6) is 5.75 Å². The Balaban J connectivity index is 2.10. The zero-order valence-corrected chi connectivity index (χ0v) is 11.2. The van der Waals surface area contributed by atoms with Gasteiger partial charge in [-0.3, -0.25) is 0 Å². The topological polar surface area (TPSA) is 73.3 Å². The Bertz CT molecular complexity index is 582. The van der Waals surface area contributed by atoms with Crippen molar-refractivity contribution in [1.29, 1.82) is 0 Å². The molecule has 0 saturated carbocycles. The van der Waals surface area contributed by atoms with Crippen LogP contribution >= 0.6 is 0 Å². The van der Waals surface area contributed by atoms with E-state index in [-0.39, 0.29) is 0 Å². The molecular weight excluding hydrogens is 238 g/mol. The van der Waals surface area contributed by atoms with Gasteiger partial charge in [-0.25, -0.2) is 0 Å². The molecule has 4 heteroatoms. The summed E-state index contributed by atoms with van der Waals surface area (Å²) in [7, 11) is 1.61. The molecule has 100 valence electrons. The summed E-state index contributed by atoms with van der Waals surface area (Å²) in [6.45, 7) is 2.69. The third-order valence-corrected chi connectivity index (χ3v) is 2.99. The average molecular weight is 257 g/mol. The summed E-state index contributed by atoms with van der Waals surface area (Å²) in [5, 5.41) is 3.31. The van der Waals surface area contributed by atoms with E-state index in [0.717, 1.165) is 22.5 Å². The number of nitrogen functional groups attached to an aromatic ring is 2. The molecule has 2 aromatic carbocycles. The number of benzene rings is 2. The van der Waals surface area contributed by atoms with Crippen molar-refractivity contribution in [3.63, 3.8) is 0 Å². The summed E-state index contributed by atoms with van der Waals surface area (Å²) in [5.41, 5.74) is 16.3. The van der Waals surface area contributed by atoms with Crippen molar-refractivity contribution in [2.75, 3.05) is 23.9 Å². The SMILES string of the molecule is COc1cc(CNc2ccc(C)cc2N)ccc1N. The molecule has 0 atom stereocenters. The average Bonchev–Trinajstić information content (AvgIpc) is 2.39. The van der Waals surface area contributed by atoms with Gasteiger partial charge in [-0.15, -0.1) is 0 Å². The summed E-state index contributed by atoms with van der Waals surface area (Å²) in [5.74, 6) is 0.691. The number of ether oxygens (including phenoxy) is 1. The Kier molecular flexibility index (Phi) is 3.80. The second kappa shape index (κ2) is 5.52. The molecule has 0 radical (unpaired) electrons. The molecule has 2 aromatic rings. The van der Waals surface area contributed by atoms with E-state index in [2.05, 4.69) is 5.32 Å². The van der Waals surface area contributed by atoms with Crippen molar-refractivity contribution in [1.82, 2.24) is 0 Å². The van der Waals surface area contributed by atoms with Gasteiger partial charge < -0.3 is 21.5 Å². The largest absolute Gasteiger partial charge is 0.495 e. The summed E-state index contributed by atoms with van der Waals surface area (Å²) < 4.78 is 5.20. The van der Waals surface area contributed by atoms with Crippen LogP contribution < -0.4 is 21.5 Å². The standard InChI is InChI=1S/C15H19N3O/c1-10-3-6-14(13(17)7-10)18-9-11-4-5-12(16)15(8-11)19-2/h3-8,18H,9,16-17H2,1-2H3. The minimum atomic E-state index is 0.640. The summed E-state index contributed by atoms with van der Waals surface area (Å²) >= 11 is 0. The van der Waals surface area contributed by atoms with Crippen LogP contribution in [0.1, 0.15) is 11.1 Å². The van der Waals surface area contributed by atoms with Crippen molar-refractivity contribution < 1.29 is 4.74 Å². The van der Waals surface area contributed by atoms with Crippen LogP contribution in [-0.2, 0) is 6.54 Å². The summed E-state index contributed by atoms with van der Waals surface area (Å²) in [4.78, 5) is 0. The highest BCUT2D eigenvalue weighted by Gasteiger charge is 2.02. The number of hydrogen-bond acceptors (Lipinski definition) is 4. The van der Waals surface area contributed by atoms with Gasteiger partial charge in [0.1, 0.15) is 5.75 Å². The number of aryl methyl sites for hydroxylation is 1. The number of hydrogen-bond donors (Lipinski definition) is 3. The Morgan fingerprint density at radius 2 is 1.84 bits per heavy atom. The molecule has 2 rings (SSSR count). The fourth-order valence-corrected chi connectivity index (χ4v) is 1.91. The van der Waals surface area contributed by atoms with Crippen LogP contribution in [0, 0.1) is 6.92 Å². The van der Waals surface area contributed by atoms with Gasteiger partial charge in [0.05, 0.1) is 24.2 Å². The third-order valence-electron chi connectivity index (χ3n) is 2.99. The summed E-state index contributed by atoms with van der Waals surface area (Å²) in [6, 6.07) is 11.7. The highest BCUT2D eigenvalue weighted by atomic mass is 16.5. The molecule has 0 bridgehead atoms. The van der Waals surface area contributed by atoms with Crippen LogP contribution in [0.3, 0.4) is 0 Å². The molecule has 0 fully saturated rings. The molecular formula is C15H19N3O. The maximum absolute atomic E-state index is 5.96. The predicted octanol–water partition coefficient (Wildman–Crippen LogP) is 2.78. The first-order valence-electron chi connectivity index (χ1n) is 6.12. The normalized spacial score (nSPS) is 10.2. The Hall–Kier alpha value is -2.36. The van der Waals surface area contributed by atoms with Crippen LogP contribution in [-0.4, -0.2) is 7.11 Å². The van der Waals surface area contributed by atoms with E-state index in [1.165, 1.54) is 0 Å². The van der Waals surface area contributed by atoms with E-state index < -0.39 is 0 Å². The lowest BCUT2D eigenvalue weighted by Gasteiger charge is -2.11. The Morgan fingerprint density at radius 1 is 1.05 bits per heavy atom. The zero-order chi connectivity index (χ0) is 13.8. The number of anilines is 3. The van der Waals surface area contributed by atoms with E-state index in [1.807, 2.05) is 43.3 Å². The minimum absolute atomic E-state index is 0.640. The van der Waals surface area contributed by atoms with E-state index in [9.17, 15) is 0 Å². The van der Waals surface area contributed by atoms with E-state index in [1.54, 1.807) is 7.11 Å². The quantitative estimate of drug-likeness (QED) is 0.736. The van der Waals surface area contributed by atoms with Gasteiger partial charge in [0.2, 0.25) is 0 Å². The number of rotatable bonds is 4. The van der Waals surface area contributed by atoms with Crippen LogP contribution in [0.15, 0.2) is 36.4 Å². The first-order chi connectivity index (χ1) is 9.10. The highest BCUT2D eigenvalue weighted by Crippen LogP contribution is 2.24. The second-order valence-electron chi connectivity index (χ2n) is 4.52. The van der Waals surface area contributed by atoms with Crippen molar-refractivity contribution in [2.24, 2.45) is 0 Å². The second-order valence-corrected chi connectivity index (χ2v) is 4.52. The summed E-state index contributed by atoms with van der Waals surface area (Å²) in [6.07, 6.45) is 0. The molecule has 4 nitrogen and oxygen atoms in total. The van der Waals surface area contributed by atoms with E-state index >= 15 is 0 Å². The van der Waals surface area contributed by atoms with Gasteiger partial charge in [-0.1, -0.05) is 12.1 Å². The smallest absolute Gasteiger partial charge is 0.142 e. The Morgan fingerprint density at radius 3 is 2.53 bits per heavy atom. The van der Waals surface area contributed by atoms with Crippen molar-refractivity contribution in [3.8, 4) is 5.75 Å². The maximum atomic E-state index is 5.96. The molecule has 0 unspecified atom stereocenters. The lowest BCUT2D eigenvalue weighted by atomic mass is 10.1. The third kappa shape index (κ3) is 3.10. The van der Waals surface area contributed by atoms with Crippen LogP contribution in [0.4, 0.5) is 17.1 Å². The van der Waals surface area contributed by atoms with Gasteiger partial charge in [0, 0.05) is 6.54 Å². The molecule has 0 spiro atoms. The van der Waals surface area contributed by atoms with Crippen molar-refractivity contribution in [2.45, 2.75) is 13.5 Å². The molecule has 0 amide bonds. The van der Waals surface area contributed by atoms with E-state index in [0.29, 0.717) is 18.0 Å². The predicted molar refractivity (Wildman–Crippen MR) is 80.3 cm³/mol. The molecule has 0 aliphatic heterocycles. The molecule has 0 aromatic heterocycles. The maximum Gasteiger partial charge on any atom is 0.142 e. The molecule has 19 heavy (non-hydrogen) atoms. The fraction of sp³-hybridized carbons (Fsp3) is 0.200. The first kappa shape index (κ1) is 13.1. The van der Waals surface area contributed by atoms with Gasteiger partial charge in [0.15, 0.2) is 0 Å². The first-order valence-corrected chi connectivity index (χ1v) is 6.12. The molecule has 5 N–H and O–H groups in total. The van der Waals surface area contributed by atoms with Crippen molar-refractivity contribution >= 4 is 17.1 Å². The molecule has 0 saturated heterocycles. The van der Waals surface area contributed by atoms with E-state index in [4.69, 9.17) is 16.2 Å². The van der Waals surface area contributed by atoms with Crippen molar-refractivity contribution in [3.05, 3.63) is 47.5 Å². The van der Waals surface area contributed by atoms with Gasteiger partial charge in [0.25, 0.3) is 0 Å². The molecule has 0 heterocycles. The minimum Gasteiger partial charge on any atom is -0.495 e. The van der Waals surface area contributed by atoms with Crippen LogP contribution in [0.2, 0.25) is 0 Å². The lowest BCUT2D eigenvalue weighted by molar-refractivity contribution is 0.416. The number of nitrogens with one attached hydrogen (secondary N) is 1. The highest BCUT2D eigenvalue weighted by molar-refractivity contribution is 5.67. The zero-order valence-electron chi connectivity index (χ0n) is 11.2. The van der Waals surface area contributed by atoms with Gasteiger partial charge in [-0.2, -0.15) is 0 Å². The Labute approximate surface area is 113 Å². The fourth-order valence-electron chi connectivity index (χ4n) is 1.91. The molecule has 0 aliphatic carbocycles. The van der Waals surface area contributed by atoms with Crippen LogP contribution in [0.25, 0.3) is 0 Å². The number of methoxy groups -OCH3 is 1. The van der Waals surface area contributed by atoms with Gasteiger partial charge >= 0.3 is 0 Å². The van der Waals surface area contributed by atoms with Gasteiger partial charge in [-0.05, 0) is 42.3 Å².